The van der Waals surface area contributed by atoms with Crippen molar-refractivity contribution < 1.29 is 14.6 Å². The number of benzene rings is 2. The van der Waals surface area contributed by atoms with Crippen LogP contribution in [0.3, 0.4) is 0 Å². The molecule has 29 heavy (non-hydrogen) atoms. The minimum atomic E-state index is -0.721. The number of allylic oxidation sites excluding steroid dienone is 2. The Labute approximate surface area is 170 Å². The molecule has 4 heteroatoms. The summed E-state index contributed by atoms with van der Waals surface area (Å²) in [5.41, 5.74) is 5.79. The Balaban J connectivity index is 1.43. The summed E-state index contributed by atoms with van der Waals surface area (Å²) >= 11 is 0. The predicted molar refractivity (Wildman–Crippen MR) is 115 cm³/mol. The van der Waals surface area contributed by atoms with Crippen LogP contribution in [0.1, 0.15) is 48.9 Å². The molecule has 0 unspecified atom stereocenters. The van der Waals surface area contributed by atoms with Crippen molar-refractivity contribution in [1.29, 1.82) is 0 Å². The molecule has 0 atom stereocenters. The van der Waals surface area contributed by atoms with Gasteiger partial charge in [-0.1, -0.05) is 36.4 Å². The number of hydrogen-bond donors (Lipinski definition) is 1. The molecule has 148 valence electrons. The van der Waals surface area contributed by atoms with Gasteiger partial charge in [-0.2, -0.15) is 0 Å². The Morgan fingerprint density at radius 3 is 2.86 bits per heavy atom. The van der Waals surface area contributed by atoms with Crippen molar-refractivity contribution >= 4 is 22.4 Å². The van der Waals surface area contributed by atoms with Crippen LogP contribution in [0.2, 0.25) is 0 Å². The van der Waals surface area contributed by atoms with Crippen molar-refractivity contribution in [2.24, 2.45) is 0 Å². The predicted octanol–water partition coefficient (Wildman–Crippen LogP) is 5.79. The first-order valence-corrected chi connectivity index (χ1v) is 10.2. The van der Waals surface area contributed by atoms with Crippen LogP contribution in [0.15, 0.2) is 60.7 Å². The summed E-state index contributed by atoms with van der Waals surface area (Å²) in [7, 11) is 0. The Bertz CT molecular complexity index is 1050. The molecule has 3 aromatic rings. The molecule has 2 aromatic carbocycles. The number of pyridine rings is 1. The van der Waals surface area contributed by atoms with Gasteiger partial charge in [-0.15, -0.1) is 0 Å². The molecule has 0 bridgehead atoms. The molecule has 0 amide bonds. The van der Waals surface area contributed by atoms with E-state index in [0.29, 0.717) is 13.0 Å². The number of aryl methyl sites for hydroxylation is 1. The van der Waals surface area contributed by atoms with E-state index in [9.17, 15) is 4.79 Å². The van der Waals surface area contributed by atoms with Crippen LogP contribution in [-0.4, -0.2) is 16.1 Å². The average Bonchev–Trinajstić information content (AvgIpc) is 2.75. The lowest BCUT2D eigenvalue weighted by molar-refractivity contribution is -0.137. The SMILES string of the molecule is O=C(O)CCCCC1=CCCc2ccc(OCc3ccc4ccccc4n3)cc21. The lowest BCUT2D eigenvalue weighted by Gasteiger charge is -2.19. The molecule has 0 spiro atoms. The lowest BCUT2D eigenvalue weighted by Crippen LogP contribution is -2.03. The smallest absolute Gasteiger partial charge is 0.303 e. The third-order valence-electron chi connectivity index (χ3n) is 5.36. The summed E-state index contributed by atoms with van der Waals surface area (Å²) in [5.74, 6) is 0.123. The zero-order valence-corrected chi connectivity index (χ0v) is 16.4. The Hall–Kier alpha value is -3.14. The molecule has 1 N–H and O–H groups in total. The molecular weight excluding hydrogens is 362 g/mol. The van der Waals surface area contributed by atoms with Crippen LogP contribution in [0, 0.1) is 0 Å². The van der Waals surface area contributed by atoms with Crippen LogP contribution < -0.4 is 4.74 Å². The number of aliphatic carboxylic acids is 1. The Morgan fingerprint density at radius 1 is 1.07 bits per heavy atom. The second kappa shape index (κ2) is 8.91. The number of ether oxygens (including phenoxy) is 1. The van der Waals surface area contributed by atoms with Gasteiger partial charge in [0.2, 0.25) is 0 Å². The minimum Gasteiger partial charge on any atom is -0.487 e. The highest BCUT2D eigenvalue weighted by Gasteiger charge is 2.14. The van der Waals surface area contributed by atoms with Crippen LogP contribution in [0.25, 0.3) is 16.5 Å². The molecule has 4 rings (SSSR count). The molecule has 1 aromatic heterocycles. The van der Waals surface area contributed by atoms with Gasteiger partial charge in [0.15, 0.2) is 0 Å². The summed E-state index contributed by atoms with van der Waals surface area (Å²) in [5, 5.41) is 9.95. The molecular formula is C25H25NO3. The van der Waals surface area contributed by atoms with Gasteiger partial charge >= 0.3 is 5.97 Å². The molecule has 1 aliphatic carbocycles. The van der Waals surface area contributed by atoms with Gasteiger partial charge in [0.1, 0.15) is 12.4 Å². The summed E-state index contributed by atoms with van der Waals surface area (Å²) in [6, 6.07) is 18.5. The van der Waals surface area contributed by atoms with E-state index < -0.39 is 5.97 Å². The van der Waals surface area contributed by atoms with Gasteiger partial charge < -0.3 is 9.84 Å². The summed E-state index contributed by atoms with van der Waals surface area (Å²) in [6.45, 7) is 0.432. The maximum absolute atomic E-state index is 10.7. The fourth-order valence-electron chi connectivity index (χ4n) is 3.85. The summed E-state index contributed by atoms with van der Waals surface area (Å²) < 4.78 is 6.05. The van der Waals surface area contributed by atoms with Crippen molar-refractivity contribution in [3.05, 3.63) is 77.5 Å². The van der Waals surface area contributed by atoms with Gasteiger partial charge in [0.25, 0.3) is 0 Å². The largest absolute Gasteiger partial charge is 0.487 e. The quantitative estimate of drug-likeness (QED) is 0.497. The Kier molecular flexibility index (Phi) is 5.89. The van der Waals surface area contributed by atoms with Crippen molar-refractivity contribution in [3.8, 4) is 5.75 Å². The minimum absolute atomic E-state index is 0.238. The number of para-hydroxylation sites is 1. The Morgan fingerprint density at radius 2 is 1.97 bits per heavy atom. The third kappa shape index (κ3) is 4.83. The fraction of sp³-hybridized carbons (Fsp3) is 0.280. The topological polar surface area (TPSA) is 59.4 Å². The first-order chi connectivity index (χ1) is 14.2. The van der Waals surface area contributed by atoms with Gasteiger partial charge in [-0.05, 0) is 73.1 Å². The fourth-order valence-corrected chi connectivity index (χ4v) is 3.85. The van der Waals surface area contributed by atoms with E-state index in [1.54, 1.807) is 0 Å². The molecule has 0 saturated heterocycles. The zero-order valence-electron chi connectivity index (χ0n) is 16.4. The third-order valence-corrected chi connectivity index (χ3v) is 5.36. The molecule has 4 nitrogen and oxygen atoms in total. The number of fused-ring (bicyclic) bond motifs is 2. The highest BCUT2D eigenvalue weighted by molar-refractivity contribution is 5.78. The maximum atomic E-state index is 10.7. The highest BCUT2D eigenvalue weighted by Crippen LogP contribution is 2.33. The van der Waals surface area contributed by atoms with Crippen molar-refractivity contribution in [1.82, 2.24) is 4.98 Å². The summed E-state index contributed by atoms with van der Waals surface area (Å²) in [6.07, 6.45) is 7.13. The molecule has 0 aliphatic heterocycles. The van der Waals surface area contributed by atoms with Gasteiger partial charge in [0.05, 0.1) is 11.2 Å². The molecule has 0 fully saturated rings. The molecule has 0 saturated carbocycles. The maximum Gasteiger partial charge on any atom is 0.303 e. The van der Waals surface area contributed by atoms with E-state index >= 15 is 0 Å². The number of carbonyl (C=O) groups is 1. The van der Waals surface area contributed by atoms with E-state index in [-0.39, 0.29) is 6.42 Å². The van der Waals surface area contributed by atoms with Crippen LogP contribution >= 0.6 is 0 Å². The normalized spacial score (nSPS) is 13.0. The second-order valence-electron chi connectivity index (χ2n) is 7.47. The lowest BCUT2D eigenvalue weighted by atomic mass is 9.88. The monoisotopic (exact) mass is 387 g/mol. The first-order valence-electron chi connectivity index (χ1n) is 10.2. The van der Waals surface area contributed by atoms with E-state index in [0.717, 1.165) is 48.0 Å². The molecule has 0 radical (unpaired) electrons. The number of rotatable bonds is 8. The number of nitrogens with zero attached hydrogens (tertiary/aromatic N) is 1. The number of carboxylic acid groups (broad SMARTS) is 1. The number of unbranched alkanes of at least 4 members (excludes halogenated alkanes) is 1. The van der Waals surface area contributed by atoms with E-state index in [4.69, 9.17) is 9.84 Å². The standard InChI is InChI=1S/C25H25NO3/c27-25(28)11-4-2-6-18-8-5-9-19-13-15-22(16-23(18)19)29-17-21-14-12-20-7-1-3-10-24(20)26-21/h1,3,7-8,10,12-16H,2,4-6,9,11,17H2,(H,27,28). The van der Waals surface area contributed by atoms with Crippen molar-refractivity contribution in [2.45, 2.75) is 45.1 Å². The zero-order chi connectivity index (χ0) is 20.1. The molecule has 1 heterocycles. The van der Waals surface area contributed by atoms with E-state index in [1.165, 1.54) is 16.7 Å². The van der Waals surface area contributed by atoms with Crippen LogP contribution in [0.4, 0.5) is 0 Å². The van der Waals surface area contributed by atoms with E-state index in [2.05, 4.69) is 35.3 Å². The van der Waals surface area contributed by atoms with Gasteiger partial charge in [-0.25, -0.2) is 4.98 Å². The number of carboxylic acids is 1. The number of hydrogen-bond acceptors (Lipinski definition) is 3. The van der Waals surface area contributed by atoms with Crippen molar-refractivity contribution in [2.75, 3.05) is 0 Å². The summed E-state index contributed by atoms with van der Waals surface area (Å²) in [4.78, 5) is 15.4. The first kappa shape index (κ1) is 19.2. The number of aromatic nitrogens is 1. The van der Waals surface area contributed by atoms with Crippen LogP contribution in [-0.2, 0) is 17.8 Å². The van der Waals surface area contributed by atoms with E-state index in [1.807, 2.05) is 30.3 Å². The average molecular weight is 387 g/mol. The second-order valence-corrected chi connectivity index (χ2v) is 7.47. The van der Waals surface area contributed by atoms with Crippen molar-refractivity contribution in [3.63, 3.8) is 0 Å². The van der Waals surface area contributed by atoms with Gasteiger partial charge in [0, 0.05) is 11.8 Å². The molecule has 1 aliphatic rings. The van der Waals surface area contributed by atoms with Crippen LogP contribution in [0.5, 0.6) is 5.75 Å². The highest BCUT2D eigenvalue weighted by atomic mass is 16.5. The van der Waals surface area contributed by atoms with Gasteiger partial charge in [-0.3, -0.25) is 4.79 Å².